The molecule has 3 rings (SSSR count). The van der Waals surface area contributed by atoms with E-state index in [0.717, 1.165) is 30.4 Å². The Morgan fingerprint density at radius 1 is 1.07 bits per heavy atom. The molecule has 154 valence electrons. The number of amides is 1. The first-order valence-electron chi connectivity index (χ1n) is 9.84. The average molecular weight is 397 g/mol. The van der Waals surface area contributed by atoms with E-state index < -0.39 is 5.97 Å². The number of hydrogen-bond donors (Lipinski definition) is 1. The van der Waals surface area contributed by atoms with Gasteiger partial charge in [-0.1, -0.05) is 30.3 Å². The zero-order chi connectivity index (χ0) is 20.6. The fraction of sp³-hybridized carbons (Fsp3) is 0.391. The highest BCUT2D eigenvalue weighted by molar-refractivity contribution is 5.81. The average Bonchev–Trinajstić information content (AvgIpc) is 2.76. The highest BCUT2D eigenvalue weighted by Gasteiger charge is 2.21. The lowest BCUT2D eigenvalue weighted by Crippen LogP contribution is -2.34. The molecule has 1 N–H and O–H groups in total. The first-order valence-corrected chi connectivity index (χ1v) is 9.84. The SMILES string of the molecule is COc1ccc(CCC(=O)OCC(=O)N[C@H]2CCCc3ccccc32)cc1OC. The van der Waals surface area contributed by atoms with Crippen LogP contribution in [0.2, 0.25) is 0 Å². The maximum Gasteiger partial charge on any atom is 0.306 e. The fourth-order valence-corrected chi connectivity index (χ4v) is 3.64. The zero-order valence-electron chi connectivity index (χ0n) is 16.9. The number of carbonyl (C=O) groups excluding carboxylic acids is 2. The van der Waals surface area contributed by atoms with Crippen molar-refractivity contribution in [3.05, 3.63) is 59.2 Å². The van der Waals surface area contributed by atoms with E-state index in [1.54, 1.807) is 20.3 Å². The number of rotatable bonds is 8. The van der Waals surface area contributed by atoms with E-state index in [0.29, 0.717) is 17.9 Å². The predicted octanol–water partition coefficient (Wildman–Crippen LogP) is 3.37. The van der Waals surface area contributed by atoms with Crippen molar-refractivity contribution >= 4 is 11.9 Å². The van der Waals surface area contributed by atoms with Crippen LogP contribution >= 0.6 is 0 Å². The summed E-state index contributed by atoms with van der Waals surface area (Å²) in [7, 11) is 3.14. The Bertz CT molecular complexity index is 864. The number of aryl methyl sites for hydroxylation is 2. The first-order chi connectivity index (χ1) is 14.1. The quantitative estimate of drug-likeness (QED) is 0.692. The van der Waals surface area contributed by atoms with Crippen molar-refractivity contribution in [3.8, 4) is 11.5 Å². The van der Waals surface area contributed by atoms with Crippen molar-refractivity contribution in [2.24, 2.45) is 0 Å². The van der Waals surface area contributed by atoms with Crippen LogP contribution in [-0.4, -0.2) is 32.7 Å². The van der Waals surface area contributed by atoms with Gasteiger partial charge in [0, 0.05) is 6.42 Å². The summed E-state index contributed by atoms with van der Waals surface area (Å²) in [6, 6.07) is 13.6. The van der Waals surface area contributed by atoms with Crippen molar-refractivity contribution in [2.75, 3.05) is 20.8 Å². The van der Waals surface area contributed by atoms with Crippen LogP contribution in [0.3, 0.4) is 0 Å². The molecule has 1 aliphatic rings. The van der Waals surface area contributed by atoms with Gasteiger partial charge < -0.3 is 19.5 Å². The maximum atomic E-state index is 12.2. The molecular weight excluding hydrogens is 370 g/mol. The summed E-state index contributed by atoms with van der Waals surface area (Å²) in [5, 5.41) is 2.99. The Morgan fingerprint density at radius 3 is 2.66 bits per heavy atom. The second-order valence-electron chi connectivity index (χ2n) is 7.06. The predicted molar refractivity (Wildman–Crippen MR) is 109 cm³/mol. The van der Waals surface area contributed by atoms with Crippen LogP contribution in [0.5, 0.6) is 11.5 Å². The number of hydrogen-bond acceptors (Lipinski definition) is 5. The first kappa shape index (κ1) is 20.7. The van der Waals surface area contributed by atoms with Gasteiger partial charge in [0.2, 0.25) is 0 Å². The summed E-state index contributed by atoms with van der Waals surface area (Å²) in [5.74, 6) is 0.579. The van der Waals surface area contributed by atoms with Crippen LogP contribution in [0.25, 0.3) is 0 Å². The number of esters is 1. The van der Waals surface area contributed by atoms with Crippen molar-refractivity contribution < 1.29 is 23.8 Å². The van der Waals surface area contributed by atoms with Gasteiger partial charge in [0.15, 0.2) is 18.1 Å². The summed E-state index contributed by atoms with van der Waals surface area (Å²) in [5.41, 5.74) is 3.37. The molecule has 0 unspecified atom stereocenters. The number of benzene rings is 2. The van der Waals surface area contributed by atoms with E-state index >= 15 is 0 Å². The smallest absolute Gasteiger partial charge is 0.306 e. The third-order valence-corrected chi connectivity index (χ3v) is 5.13. The third kappa shape index (κ3) is 5.50. The van der Waals surface area contributed by atoms with Gasteiger partial charge >= 0.3 is 5.97 Å². The van der Waals surface area contributed by atoms with Crippen LogP contribution in [0, 0.1) is 0 Å². The van der Waals surface area contributed by atoms with Gasteiger partial charge in [-0.05, 0) is 54.5 Å². The molecule has 0 aliphatic heterocycles. The van der Waals surface area contributed by atoms with E-state index in [9.17, 15) is 9.59 Å². The molecule has 1 atom stereocenters. The molecule has 2 aromatic carbocycles. The van der Waals surface area contributed by atoms with Crippen LogP contribution < -0.4 is 14.8 Å². The summed E-state index contributed by atoms with van der Waals surface area (Å²) < 4.78 is 15.6. The minimum absolute atomic E-state index is 0.0158. The molecule has 6 nitrogen and oxygen atoms in total. The Kier molecular flexibility index (Phi) is 7.11. The molecule has 0 bridgehead atoms. The molecule has 6 heteroatoms. The van der Waals surface area contributed by atoms with Crippen LogP contribution in [-0.2, 0) is 27.2 Å². The Balaban J connectivity index is 1.44. The van der Waals surface area contributed by atoms with E-state index in [1.807, 2.05) is 24.3 Å². The molecular formula is C23H27NO5. The normalized spacial score (nSPS) is 15.2. The van der Waals surface area contributed by atoms with Crippen molar-refractivity contribution in [2.45, 2.75) is 38.1 Å². The van der Waals surface area contributed by atoms with E-state index in [1.165, 1.54) is 5.56 Å². The topological polar surface area (TPSA) is 73.9 Å². The number of nitrogens with one attached hydrogen (secondary N) is 1. The highest BCUT2D eigenvalue weighted by atomic mass is 16.5. The third-order valence-electron chi connectivity index (χ3n) is 5.13. The van der Waals surface area contributed by atoms with Gasteiger partial charge in [-0.15, -0.1) is 0 Å². The molecule has 1 aliphatic carbocycles. The van der Waals surface area contributed by atoms with Crippen molar-refractivity contribution in [1.29, 1.82) is 0 Å². The molecule has 0 heterocycles. The van der Waals surface area contributed by atoms with Crippen molar-refractivity contribution in [3.63, 3.8) is 0 Å². The molecule has 0 radical (unpaired) electrons. The summed E-state index contributed by atoms with van der Waals surface area (Å²) in [4.78, 5) is 24.3. The molecule has 0 spiro atoms. The van der Waals surface area contributed by atoms with E-state index in [4.69, 9.17) is 14.2 Å². The summed E-state index contributed by atoms with van der Waals surface area (Å²) in [6.07, 6.45) is 3.66. The standard InChI is InChI=1S/C23H27NO5/c1-27-20-12-10-16(14-21(20)28-2)11-13-23(26)29-15-22(25)24-19-9-5-7-17-6-3-4-8-18(17)19/h3-4,6,8,10,12,14,19H,5,7,9,11,13,15H2,1-2H3,(H,24,25)/t19-/m0/s1. The van der Waals surface area contributed by atoms with Crippen LogP contribution in [0.15, 0.2) is 42.5 Å². The number of ether oxygens (including phenoxy) is 3. The molecule has 0 aromatic heterocycles. The van der Waals surface area contributed by atoms with Crippen molar-refractivity contribution in [1.82, 2.24) is 5.32 Å². The largest absolute Gasteiger partial charge is 0.493 e. The Hall–Kier alpha value is -3.02. The zero-order valence-corrected chi connectivity index (χ0v) is 16.9. The minimum atomic E-state index is -0.404. The van der Waals surface area contributed by atoms with Gasteiger partial charge in [-0.2, -0.15) is 0 Å². The summed E-state index contributed by atoms with van der Waals surface area (Å²) >= 11 is 0. The number of methoxy groups -OCH3 is 2. The lowest BCUT2D eigenvalue weighted by Gasteiger charge is -2.26. The van der Waals surface area contributed by atoms with Crippen LogP contribution in [0.1, 0.15) is 42.0 Å². The minimum Gasteiger partial charge on any atom is -0.493 e. The second-order valence-corrected chi connectivity index (χ2v) is 7.06. The van der Waals surface area contributed by atoms with E-state index in [-0.39, 0.29) is 25.0 Å². The monoisotopic (exact) mass is 397 g/mol. The highest BCUT2D eigenvalue weighted by Crippen LogP contribution is 2.29. The molecule has 1 amide bonds. The van der Waals surface area contributed by atoms with Gasteiger partial charge in [0.05, 0.1) is 20.3 Å². The molecule has 0 saturated carbocycles. The maximum absolute atomic E-state index is 12.2. The Labute approximate surface area is 171 Å². The molecule has 29 heavy (non-hydrogen) atoms. The Morgan fingerprint density at radius 2 is 1.86 bits per heavy atom. The molecule has 0 fully saturated rings. The van der Waals surface area contributed by atoms with Gasteiger partial charge in [0.1, 0.15) is 0 Å². The van der Waals surface area contributed by atoms with Gasteiger partial charge in [-0.3, -0.25) is 9.59 Å². The van der Waals surface area contributed by atoms with Gasteiger partial charge in [-0.25, -0.2) is 0 Å². The second kappa shape index (κ2) is 9.96. The number of fused-ring (bicyclic) bond motifs is 1. The molecule has 2 aromatic rings. The van der Waals surface area contributed by atoms with Crippen LogP contribution in [0.4, 0.5) is 0 Å². The van der Waals surface area contributed by atoms with Gasteiger partial charge in [0.25, 0.3) is 5.91 Å². The summed E-state index contributed by atoms with van der Waals surface area (Å²) in [6.45, 7) is -0.260. The molecule has 0 saturated heterocycles. The number of carbonyl (C=O) groups is 2. The van der Waals surface area contributed by atoms with E-state index in [2.05, 4.69) is 17.4 Å². The fourth-order valence-electron chi connectivity index (χ4n) is 3.64. The lowest BCUT2D eigenvalue weighted by atomic mass is 9.88. The lowest BCUT2D eigenvalue weighted by molar-refractivity contribution is -0.148.